The van der Waals surface area contributed by atoms with Crippen LogP contribution in [0.3, 0.4) is 0 Å². The second-order valence-electron chi connectivity index (χ2n) is 6.86. The third kappa shape index (κ3) is 4.45. The Bertz CT molecular complexity index is 1110. The highest BCUT2D eigenvalue weighted by Crippen LogP contribution is 2.42. The highest BCUT2D eigenvalue weighted by molar-refractivity contribution is 8.16. The van der Waals surface area contributed by atoms with Crippen molar-refractivity contribution >= 4 is 61.6 Å². The molecule has 0 bridgehead atoms. The maximum atomic E-state index is 13.1. The Morgan fingerprint density at radius 2 is 1.86 bits per heavy atom. The molecule has 2 aliphatic heterocycles. The number of carbonyl (C=O) groups excluding carboxylic acids is 1. The molecule has 29 heavy (non-hydrogen) atoms. The SMILES string of the molecule is O=C(Cc1ccc(F)cc1)N=C1SC2CS(=O)(=O)CC2N1c1ccc(Cl)c(Cl)c1. The van der Waals surface area contributed by atoms with Gasteiger partial charge in [-0.1, -0.05) is 47.1 Å². The summed E-state index contributed by atoms with van der Waals surface area (Å²) in [5.74, 6) is -0.757. The fourth-order valence-electron chi connectivity index (χ4n) is 3.42. The monoisotopic (exact) mass is 472 g/mol. The predicted octanol–water partition coefficient (Wildman–Crippen LogP) is 3.98. The predicted molar refractivity (Wildman–Crippen MR) is 115 cm³/mol. The van der Waals surface area contributed by atoms with Crippen molar-refractivity contribution in [2.24, 2.45) is 4.99 Å². The Morgan fingerprint density at radius 3 is 2.55 bits per heavy atom. The lowest BCUT2D eigenvalue weighted by molar-refractivity contribution is -0.117. The van der Waals surface area contributed by atoms with Crippen LogP contribution in [-0.2, 0) is 21.1 Å². The molecule has 0 radical (unpaired) electrons. The number of sulfone groups is 1. The summed E-state index contributed by atoms with van der Waals surface area (Å²) < 4.78 is 37.3. The lowest BCUT2D eigenvalue weighted by atomic mass is 10.1. The normalized spacial score (nSPS) is 24.1. The first-order valence-corrected chi connectivity index (χ1v) is 12.1. The zero-order chi connectivity index (χ0) is 20.8. The summed E-state index contributed by atoms with van der Waals surface area (Å²) in [6.07, 6.45) is 0.0210. The molecule has 0 N–H and O–H groups in total. The Morgan fingerprint density at radius 1 is 1.14 bits per heavy atom. The summed E-state index contributed by atoms with van der Waals surface area (Å²) in [6.45, 7) is 0. The van der Waals surface area contributed by atoms with Crippen LogP contribution in [0.4, 0.5) is 10.1 Å². The van der Waals surface area contributed by atoms with Gasteiger partial charge in [0.2, 0.25) is 0 Å². The first-order valence-electron chi connectivity index (χ1n) is 8.69. The highest BCUT2D eigenvalue weighted by atomic mass is 35.5. The quantitative estimate of drug-likeness (QED) is 0.675. The van der Waals surface area contributed by atoms with Crippen molar-refractivity contribution < 1.29 is 17.6 Å². The van der Waals surface area contributed by atoms with Crippen molar-refractivity contribution in [1.82, 2.24) is 0 Å². The molecular weight excluding hydrogens is 458 g/mol. The lowest BCUT2D eigenvalue weighted by Crippen LogP contribution is -2.37. The third-order valence-corrected chi connectivity index (χ3v) is 8.69. The van der Waals surface area contributed by atoms with Gasteiger partial charge < -0.3 is 4.90 Å². The van der Waals surface area contributed by atoms with Gasteiger partial charge in [-0.25, -0.2) is 12.8 Å². The zero-order valence-corrected chi connectivity index (χ0v) is 18.0. The van der Waals surface area contributed by atoms with Crippen LogP contribution >= 0.6 is 35.0 Å². The van der Waals surface area contributed by atoms with Gasteiger partial charge in [0, 0.05) is 10.9 Å². The van der Waals surface area contributed by atoms with Gasteiger partial charge >= 0.3 is 0 Å². The van der Waals surface area contributed by atoms with Gasteiger partial charge in [-0.15, -0.1) is 0 Å². The Kier molecular flexibility index (Phi) is 5.63. The van der Waals surface area contributed by atoms with Crippen molar-refractivity contribution in [2.45, 2.75) is 17.7 Å². The van der Waals surface area contributed by atoms with E-state index in [1.165, 1.54) is 36.0 Å². The van der Waals surface area contributed by atoms with Crippen LogP contribution in [0.25, 0.3) is 0 Å². The average Bonchev–Trinajstić information content (AvgIpc) is 3.10. The van der Waals surface area contributed by atoms with Gasteiger partial charge in [0.25, 0.3) is 5.91 Å². The Hall–Kier alpha value is -1.61. The number of anilines is 1. The van der Waals surface area contributed by atoms with Crippen LogP contribution in [0.1, 0.15) is 5.56 Å². The number of amides is 1. The minimum absolute atomic E-state index is 0.0178. The highest BCUT2D eigenvalue weighted by Gasteiger charge is 2.49. The summed E-state index contributed by atoms with van der Waals surface area (Å²) in [6, 6.07) is 10.3. The molecule has 0 spiro atoms. The van der Waals surface area contributed by atoms with E-state index in [-0.39, 0.29) is 35.0 Å². The van der Waals surface area contributed by atoms with E-state index < -0.39 is 15.7 Å². The van der Waals surface area contributed by atoms with E-state index >= 15 is 0 Å². The summed E-state index contributed by atoms with van der Waals surface area (Å²) >= 11 is 13.4. The number of hydrogen-bond acceptors (Lipinski definition) is 4. The molecule has 2 atom stereocenters. The van der Waals surface area contributed by atoms with Crippen LogP contribution in [0, 0.1) is 5.82 Å². The number of thioether (sulfide) groups is 1. The van der Waals surface area contributed by atoms with Crippen LogP contribution in [0.5, 0.6) is 0 Å². The standard InChI is InChI=1S/C19H15Cl2FN2O3S2/c20-14-6-5-13(8-15(14)21)24-16-9-29(26,27)10-17(16)28-19(24)23-18(25)7-11-1-3-12(22)4-2-11/h1-6,8,16-17H,7,9-10H2. The van der Waals surface area contributed by atoms with E-state index in [0.29, 0.717) is 26.5 Å². The maximum Gasteiger partial charge on any atom is 0.252 e. The molecule has 0 aromatic heterocycles. The van der Waals surface area contributed by atoms with Crippen LogP contribution in [0.15, 0.2) is 47.5 Å². The van der Waals surface area contributed by atoms with Gasteiger partial charge in [-0.3, -0.25) is 4.79 Å². The largest absolute Gasteiger partial charge is 0.316 e. The van der Waals surface area contributed by atoms with E-state index in [1.807, 2.05) is 0 Å². The summed E-state index contributed by atoms with van der Waals surface area (Å²) in [5, 5.41) is 0.923. The maximum absolute atomic E-state index is 13.1. The third-order valence-electron chi connectivity index (χ3n) is 4.74. The van der Waals surface area contributed by atoms with E-state index in [9.17, 15) is 17.6 Å². The van der Waals surface area contributed by atoms with Gasteiger partial charge in [0.05, 0.1) is 34.0 Å². The number of amidine groups is 1. The van der Waals surface area contributed by atoms with Crippen molar-refractivity contribution in [3.63, 3.8) is 0 Å². The summed E-state index contributed by atoms with van der Waals surface area (Å²) in [7, 11) is -3.17. The molecule has 152 valence electrons. The topological polar surface area (TPSA) is 66.8 Å². The molecule has 2 fully saturated rings. The number of benzene rings is 2. The lowest BCUT2D eigenvalue weighted by Gasteiger charge is -2.24. The molecule has 10 heteroatoms. The number of nitrogens with zero attached hydrogens (tertiary/aromatic N) is 2. The first-order chi connectivity index (χ1) is 13.7. The smallest absolute Gasteiger partial charge is 0.252 e. The summed E-state index contributed by atoms with van der Waals surface area (Å²) in [4.78, 5) is 18.5. The van der Waals surface area contributed by atoms with Crippen molar-refractivity contribution in [2.75, 3.05) is 16.4 Å². The fraction of sp³-hybridized carbons (Fsp3) is 0.263. The number of carbonyl (C=O) groups is 1. The molecule has 5 nitrogen and oxygen atoms in total. The van der Waals surface area contributed by atoms with Crippen molar-refractivity contribution in [3.8, 4) is 0 Å². The molecule has 2 aliphatic rings. The van der Waals surface area contributed by atoms with E-state index in [4.69, 9.17) is 23.2 Å². The van der Waals surface area contributed by atoms with Crippen molar-refractivity contribution in [3.05, 3.63) is 63.9 Å². The molecular formula is C19H15Cl2FN2O3S2. The van der Waals surface area contributed by atoms with Crippen LogP contribution in [0.2, 0.25) is 10.0 Å². The second-order valence-corrected chi connectivity index (χ2v) is 11.0. The number of rotatable bonds is 3. The number of aliphatic imine (C=N–C) groups is 1. The van der Waals surface area contributed by atoms with Gasteiger partial charge in [0.1, 0.15) is 5.82 Å². The second kappa shape index (κ2) is 7.91. The van der Waals surface area contributed by atoms with Gasteiger partial charge in [0.15, 0.2) is 15.0 Å². The average molecular weight is 473 g/mol. The van der Waals surface area contributed by atoms with E-state index in [1.54, 1.807) is 23.1 Å². The molecule has 0 saturated carbocycles. The Labute approximate surface area is 181 Å². The fourth-order valence-corrected chi connectivity index (χ4v) is 7.65. The van der Waals surface area contributed by atoms with Crippen LogP contribution in [-0.4, -0.2) is 42.3 Å². The minimum atomic E-state index is -3.17. The molecule has 2 saturated heterocycles. The minimum Gasteiger partial charge on any atom is -0.316 e. The van der Waals surface area contributed by atoms with Crippen molar-refractivity contribution in [1.29, 1.82) is 0 Å². The molecule has 0 aliphatic carbocycles. The number of hydrogen-bond donors (Lipinski definition) is 0. The number of halogens is 3. The summed E-state index contributed by atoms with van der Waals surface area (Å²) in [5.41, 5.74) is 1.28. The molecule has 4 rings (SSSR count). The van der Waals surface area contributed by atoms with Crippen LogP contribution < -0.4 is 4.90 Å². The molecule has 2 heterocycles. The molecule has 2 aromatic rings. The van der Waals surface area contributed by atoms with E-state index in [0.717, 1.165) is 0 Å². The van der Waals surface area contributed by atoms with Gasteiger partial charge in [-0.2, -0.15) is 4.99 Å². The molecule has 2 aromatic carbocycles. The number of fused-ring (bicyclic) bond motifs is 1. The first kappa shape index (κ1) is 20.7. The molecule has 2 unspecified atom stereocenters. The Balaban J connectivity index is 1.65. The zero-order valence-electron chi connectivity index (χ0n) is 14.9. The van der Waals surface area contributed by atoms with E-state index in [2.05, 4.69) is 4.99 Å². The molecule has 1 amide bonds. The van der Waals surface area contributed by atoms with Gasteiger partial charge in [-0.05, 0) is 35.9 Å².